The molecule has 1 amide bonds. The van der Waals surface area contributed by atoms with E-state index in [2.05, 4.69) is 43.1 Å². The van der Waals surface area contributed by atoms with E-state index >= 15 is 0 Å². The van der Waals surface area contributed by atoms with Gasteiger partial charge in [-0.1, -0.05) is 25.7 Å². The molecule has 1 aliphatic heterocycles. The molecule has 27 heavy (non-hydrogen) atoms. The highest BCUT2D eigenvalue weighted by atomic mass is 32.2. The Bertz CT molecular complexity index is 983. The van der Waals surface area contributed by atoms with Crippen LogP contribution < -0.4 is 5.32 Å². The third kappa shape index (κ3) is 4.35. The van der Waals surface area contributed by atoms with Crippen molar-refractivity contribution in [3.63, 3.8) is 0 Å². The second kappa shape index (κ2) is 7.50. The van der Waals surface area contributed by atoms with Gasteiger partial charge >= 0.3 is 5.97 Å². The molecule has 5 heteroatoms. The molecular weight excluding hydrogens is 358 g/mol. The lowest BCUT2D eigenvalue weighted by Gasteiger charge is -2.32. The molecule has 138 valence electrons. The molecule has 0 saturated heterocycles. The summed E-state index contributed by atoms with van der Waals surface area (Å²) in [7, 11) is 0. The van der Waals surface area contributed by atoms with E-state index in [0.29, 0.717) is 11.3 Å². The summed E-state index contributed by atoms with van der Waals surface area (Å²) in [5, 5.41) is 11.8. The number of hydrogen-bond acceptors (Lipinski definition) is 3. The van der Waals surface area contributed by atoms with Gasteiger partial charge in [-0.15, -0.1) is 11.8 Å². The van der Waals surface area contributed by atoms with Crippen molar-refractivity contribution < 1.29 is 14.7 Å². The Labute approximate surface area is 163 Å². The maximum Gasteiger partial charge on any atom is 0.335 e. The summed E-state index contributed by atoms with van der Waals surface area (Å²) in [4.78, 5) is 23.9. The first-order valence-corrected chi connectivity index (χ1v) is 9.69. The Morgan fingerprint density at radius 3 is 2.63 bits per heavy atom. The first-order valence-electron chi connectivity index (χ1n) is 8.70. The molecule has 1 aliphatic rings. The van der Waals surface area contributed by atoms with Gasteiger partial charge in [-0.25, -0.2) is 4.79 Å². The van der Waals surface area contributed by atoms with Gasteiger partial charge in [0.15, 0.2) is 0 Å². The highest BCUT2D eigenvalue weighted by molar-refractivity contribution is 7.99. The number of aromatic carboxylic acids is 1. The Kier molecular flexibility index (Phi) is 5.29. The molecule has 0 saturated carbocycles. The predicted octanol–water partition coefficient (Wildman–Crippen LogP) is 4.52. The molecule has 0 aromatic heterocycles. The number of carbonyl (C=O) groups excluding carboxylic acids is 1. The molecular formula is C22H21NO3S. The molecule has 0 aliphatic carbocycles. The number of carbonyl (C=O) groups is 2. The number of carboxylic acids is 1. The van der Waals surface area contributed by atoms with Crippen LogP contribution in [0.2, 0.25) is 0 Å². The third-order valence-corrected chi connectivity index (χ3v) is 5.69. The van der Waals surface area contributed by atoms with Gasteiger partial charge in [-0.05, 0) is 59.6 Å². The van der Waals surface area contributed by atoms with E-state index < -0.39 is 5.97 Å². The van der Waals surface area contributed by atoms with Crippen molar-refractivity contribution in [1.82, 2.24) is 0 Å². The Balaban J connectivity index is 1.98. The Morgan fingerprint density at radius 2 is 1.93 bits per heavy atom. The van der Waals surface area contributed by atoms with Crippen molar-refractivity contribution in [2.75, 3.05) is 11.1 Å². The number of thioether (sulfide) groups is 1. The van der Waals surface area contributed by atoms with Gasteiger partial charge in [0.2, 0.25) is 5.91 Å². The normalized spacial score (nSPS) is 14.5. The third-order valence-electron chi connectivity index (χ3n) is 4.61. The maximum atomic E-state index is 11.4. The van der Waals surface area contributed by atoms with Crippen LogP contribution in [-0.4, -0.2) is 22.7 Å². The first kappa shape index (κ1) is 19.1. The largest absolute Gasteiger partial charge is 0.478 e. The van der Waals surface area contributed by atoms with Crippen LogP contribution in [0.1, 0.15) is 54.2 Å². The van der Waals surface area contributed by atoms with Gasteiger partial charge in [-0.2, -0.15) is 0 Å². The number of fused-ring (bicyclic) bond motifs is 1. The number of amides is 1. The number of carboxylic acid groups (broad SMARTS) is 1. The van der Waals surface area contributed by atoms with E-state index in [1.165, 1.54) is 29.5 Å². The minimum Gasteiger partial charge on any atom is -0.478 e. The molecule has 0 unspecified atom stereocenters. The maximum absolute atomic E-state index is 11.4. The van der Waals surface area contributed by atoms with E-state index in [1.54, 1.807) is 6.07 Å². The number of benzene rings is 2. The zero-order valence-corrected chi connectivity index (χ0v) is 16.4. The fourth-order valence-corrected chi connectivity index (χ4v) is 4.52. The average molecular weight is 379 g/mol. The SMILES string of the molecule is CC(=O)Nc1cc(C(=O)O)ccc1C#Cc1ccc2c(c1)C(C)(C)CCS2. The second-order valence-electron chi connectivity index (χ2n) is 7.19. The minimum atomic E-state index is -1.05. The van der Waals surface area contributed by atoms with Crippen molar-refractivity contribution >= 4 is 29.3 Å². The molecule has 1 heterocycles. The summed E-state index contributed by atoms with van der Waals surface area (Å²) < 4.78 is 0. The summed E-state index contributed by atoms with van der Waals surface area (Å²) in [6, 6.07) is 10.8. The first-order chi connectivity index (χ1) is 12.8. The summed E-state index contributed by atoms with van der Waals surface area (Å²) >= 11 is 1.88. The molecule has 0 bridgehead atoms. The molecule has 0 fully saturated rings. The predicted molar refractivity (Wildman–Crippen MR) is 108 cm³/mol. The Hall–Kier alpha value is -2.71. The molecule has 2 aromatic carbocycles. The smallest absolute Gasteiger partial charge is 0.335 e. The van der Waals surface area contributed by atoms with E-state index in [4.69, 9.17) is 5.11 Å². The van der Waals surface area contributed by atoms with Crippen LogP contribution in [0, 0.1) is 11.8 Å². The van der Waals surface area contributed by atoms with Gasteiger partial charge in [0.25, 0.3) is 0 Å². The highest BCUT2D eigenvalue weighted by Gasteiger charge is 2.27. The Morgan fingerprint density at radius 1 is 1.15 bits per heavy atom. The number of anilines is 1. The van der Waals surface area contributed by atoms with Crippen LogP contribution in [0.5, 0.6) is 0 Å². The summed E-state index contributed by atoms with van der Waals surface area (Å²) in [6.07, 6.45) is 1.13. The van der Waals surface area contributed by atoms with E-state index in [0.717, 1.165) is 17.7 Å². The van der Waals surface area contributed by atoms with Crippen molar-refractivity contribution in [2.45, 2.75) is 37.5 Å². The molecule has 4 nitrogen and oxygen atoms in total. The van der Waals surface area contributed by atoms with Crippen molar-refractivity contribution in [3.05, 3.63) is 58.7 Å². The zero-order chi connectivity index (χ0) is 19.6. The summed E-state index contributed by atoms with van der Waals surface area (Å²) in [6.45, 7) is 5.89. The topological polar surface area (TPSA) is 66.4 Å². The summed E-state index contributed by atoms with van der Waals surface area (Å²) in [5.74, 6) is 6.03. The zero-order valence-electron chi connectivity index (χ0n) is 15.6. The minimum absolute atomic E-state index is 0.108. The fraction of sp³-hybridized carbons (Fsp3) is 0.273. The number of rotatable bonds is 2. The molecule has 2 N–H and O–H groups in total. The van der Waals surface area contributed by atoms with Gasteiger partial charge < -0.3 is 10.4 Å². The molecule has 0 spiro atoms. The fourth-order valence-electron chi connectivity index (χ4n) is 3.03. The molecule has 0 atom stereocenters. The van der Waals surface area contributed by atoms with Gasteiger partial charge in [0.05, 0.1) is 11.3 Å². The van der Waals surface area contributed by atoms with E-state index in [9.17, 15) is 9.59 Å². The monoisotopic (exact) mass is 379 g/mol. The average Bonchev–Trinajstić information content (AvgIpc) is 2.60. The molecule has 3 rings (SSSR count). The van der Waals surface area contributed by atoms with Gasteiger partial charge in [0, 0.05) is 22.9 Å². The number of nitrogens with one attached hydrogen (secondary N) is 1. The van der Waals surface area contributed by atoms with Crippen LogP contribution >= 0.6 is 11.8 Å². The lowest BCUT2D eigenvalue weighted by atomic mass is 9.81. The van der Waals surface area contributed by atoms with Crippen molar-refractivity contribution in [2.24, 2.45) is 0 Å². The second-order valence-corrected chi connectivity index (χ2v) is 8.33. The highest BCUT2D eigenvalue weighted by Crippen LogP contribution is 2.41. The standard InChI is InChI=1S/C22H21NO3S/c1-14(24)23-19-13-17(21(25)26)8-7-16(19)6-4-15-5-9-20-18(12-15)22(2,3)10-11-27-20/h5,7-9,12-13H,10-11H2,1-3H3,(H,23,24)(H,25,26). The van der Waals surface area contributed by atoms with E-state index in [-0.39, 0.29) is 16.9 Å². The van der Waals surface area contributed by atoms with E-state index in [1.807, 2.05) is 17.8 Å². The van der Waals surface area contributed by atoms with Gasteiger partial charge in [0.1, 0.15) is 0 Å². The lowest BCUT2D eigenvalue weighted by molar-refractivity contribution is -0.114. The van der Waals surface area contributed by atoms with Crippen molar-refractivity contribution in [3.8, 4) is 11.8 Å². The van der Waals surface area contributed by atoms with Crippen LogP contribution in [0.15, 0.2) is 41.3 Å². The van der Waals surface area contributed by atoms with Crippen LogP contribution in [0.3, 0.4) is 0 Å². The van der Waals surface area contributed by atoms with Crippen LogP contribution in [-0.2, 0) is 10.2 Å². The summed E-state index contributed by atoms with van der Waals surface area (Å²) in [5.41, 5.74) is 3.44. The van der Waals surface area contributed by atoms with Crippen molar-refractivity contribution in [1.29, 1.82) is 0 Å². The lowest BCUT2D eigenvalue weighted by Crippen LogP contribution is -2.22. The molecule has 2 aromatic rings. The number of hydrogen-bond donors (Lipinski definition) is 2. The quantitative estimate of drug-likeness (QED) is 0.753. The van der Waals surface area contributed by atoms with Crippen LogP contribution in [0.4, 0.5) is 5.69 Å². The molecule has 0 radical (unpaired) electrons. The van der Waals surface area contributed by atoms with Gasteiger partial charge in [-0.3, -0.25) is 4.79 Å². The van der Waals surface area contributed by atoms with Crippen LogP contribution in [0.25, 0.3) is 0 Å².